The maximum atomic E-state index is 11.9. The van der Waals surface area contributed by atoms with Crippen LogP contribution in [0.4, 0.5) is 5.82 Å². The minimum absolute atomic E-state index is 0.0904. The van der Waals surface area contributed by atoms with Crippen LogP contribution in [-0.2, 0) is 14.8 Å². The normalized spacial score (nSPS) is 26.3. The van der Waals surface area contributed by atoms with E-state index in [4.69, 9.17) is 4.74 Å². The van der Waals surface area contributed by atoms with Crippen molar-refractivity contribution in [2.45, 2.75) is 64.0 Å². The van der Waals surface area contributed by atoms with E-state index in [1.54, 1.807) is 6.20 Å². The van der Waals surface area contributed by atoms with E-state index >= 15 is 0 Å². The first-order chi connectivity index (χ1) is 15.8. The summed E-state index contributed by atoms with van der Waals surface area (Å²) in [7, 11) is -3.27. The molecule has 2 heterocycles. The number of sulfonamides is 1. The molecule has 1 aromatic heterocycles. The lowest BCUT2D eigenvalue weighted by Gasteiger charge is -2.40. The fraction of sp³-hybridized carbons (Fsp3) is 0.577. The van der Waals surface area contributed by atoms with Gasteiger partial charge in [0.25, 0.3) is 0 Å². The zero-order valence-corrected chi connectivity index (χ0v) is 20.9. The summed E-state index contributed by atoms with van der Waals surface area (Å²) in [6.07, 6.45) is 8.43. The Kier molecular flexibility index (Phi) is 7.72. The van der Waals surface area contributed by atoms with E-state index in [9.17, 15) is 8.42 Å². The summed E-state index contributed by atoms with van der Waals surface area (Å²) in [6.45, 7) is 6.43. The fourth-order valence-electron chi connectivity index (χ4n) is 5.45. The van der Waals surface area contributed by atoms with Crippen LogP contribution < -0.4 is 9.62 Å². The molecule has 0 spiro atoms. The van der Waals surface area contributed by atoms with E-state index in [2.05, 4.69) is 46.7 Å². The summed E-state index contributed by atoms with van der Waals surface area (Å²) < 4.78 is 33.1. The summed E-state index contributed by atoms with van der Waals surface area (Å²) in [5, 5.41) is 0. The number of hydrogen-bond donors (Lipinski definition) is 1. The highest BCUT2D eigenvalue weighted by Crippen LogP contribution is 2.35. The van der Waals surface area contributed by atoms with Crippen molar-refractivity contribution in [1.29, 1.82) is 0 Å². The Morgan fingerprint density at radius 1 is 1.06 bits per heavy atom. The second kappa shape index (κ2) is 10.5. The Balaban J connectivity index is 1.35. The molecule has 33 heavy (non-hydrogen) atoms. The average molecular weight is 472 g/mol. The van der Waals surface area contributed by atoms with Crippen LogP contribution in [-0.4, -0.2) is 51.5 Å². The summed E-state index contributed by atoms with van der Waals surface area (Å²) in [5.41, 5.74) is 4.13. The van der Waals surface area contributed by atoms with Crippen LogP contribution in [0.2, 0.25) is 0 Å². The summed E-state index contributed by atoms with van der Waals surface area (Å²) >= 11 is 0. The van der Waals surface area contributed by atoms with E-state index in [1.165, 1.54) is 22.9 Å². The third kappa shape index (κ3) is 6.78. The predicted molar refractivity (Wildman–Crippen MR) is 133 cm³/mol. The molecule has 2 atom stereocenters. The van der Waals surface area contributed by atoms with Gasteiger partial charge in [-0.1, -0.05) is 35.4 Å². The highest BCUT2D eigenvalue weighted by Gasteiger charge is 2.33. The number of benzene rings is 1. The number of hydrogen-bond acceptors (Lipinski definition) is 5. The van der Waals surface area contributed by atoms with Crippen LogP contribution >= 0.6 is 0 Å². The number of piperidine rings is 1. The summed E-state index contributed by atoms with van der Waals surface area (Å²) in [5.74, 6) is 1.64. The van der Waals surface area contributed by atoms with Crippen LogP contribution in [0.5, 0.6) is 0 Å². The molecule has 4 rings (SSSR count). The van der Waals surface area contributed by atoms with Crippen molar-refractivity contribution in [3.05, 3.63) is 59.3 Å². The lowest BCUT2D eigenvalue weighted by atomic mass is 9.82. The lowest BCUT2D eigenvalue weighted by Crippen LogP contribution is -2.52. The van der Waals surface area contributed by atoms with Gasteiger partial charge in [0.15, 0.2) is 0 Å². The van der Waals surface area contributed by atoms with Gasteiger partial charge < -0.3 is 9.64 Å². The molecule has 0 unspecified atom stereocenters. The van der Waals surface area contributed by atoms with Gasteiger partial charge in [-0.15, -0.1) is 0 Å². The molecular weight excluding hydrogens is 434 g/mol. The largest absolute Gasteiger partial charge is 0.378 e. The van der Waals surface area contributed by atoms with Crippen LogP contribution in [0.25, 0.3) is 0 Å². The number of ether oxygens (including phenoxy) is 1. The maximum Gasteiger partial charge on any atom is 0.208 e. The molecule has 1 N–H and O–H groups in total. The highest BCUT2D eigenvalue weighted by molar-refractivity contribution is 7.88. The van der Waals surface area contributed by atoms with Crippen LogP contribution in [0.15, 0.2) is 42.6 Å². The maximum absolute atomic E-state index is 11.9. The molecule has 2 fully saturated rings. The lowest BCUT2D eigenvalue weighted by molar-refractivity contribution is -0.00213. The molecule has 180 valence electrons. The molecule has 7 heteroatoms. The number of aryl methyl sites for hydroxylation is 2. The highest BCUT2D eigenvalue weighted by atomic mass is 32.2. The Labute approximate surface area is 198 Å². The number of anilines is 1. The number of nitrogens with zero attached hydrogens (tertiary/aromatic N) is 2. The van der Waals surface area contributed by atoms with Crippen molar-refractivity contribution in [3.63, 3.8) is 0 Å². The van der Waals surface area contributed by atoms with E-state index in [1.807, 2.05) is 18.2 Å². The molecule has 1 aromatic carbocycles. The van der Waals surface area contributed by atoms with Crippen molar-refractivity contribution in [3.8, 4) is 0 Å². The average Bonchev–Trinajstić information content (AvgIpc) is 2.78. The summed E-state index contributed by atoms with van der Waals surface area (Å²) in [6, 6.07) is 12.7. The molecule has 0 radical (unpaired) electrons. The number of pyridine rings is 1. The first-order valence-corrected chi connectivity index (χ1v) is 14.0. The first kappa shape index (κ1) is 24.2. The Morgan fingerprint density at radius 3 is 2.42 bits per heavy atom. The van der Waals surface area contributed by atoms with Gasteiger partial charge in [-0.05, 0) is 69.6 Å². The van der Waals surface area contributed by atoms with Crippen molar-refractivity contribution < 1.29 is 13.2 Å². The van der Waals surface area contributed by atoms with Gasteiger partial charge in [-0.25, -0.2) is 18.1 Å². The topological polar surface area (TPSA) is 71.5 Å². The Bertz CT molecular complexity index is 1000. The minimum atomic E-state index is -3.27. The van der Waals surface area contributed by atoms with Gasteiger partial charge in [0.1, 0.15) is 5.82 Å². The molecule has 0 bridgehead atoms. The van der Waals surface area contributed by atoms with Crippen molar-refractivity contribution in [2.24, 2.45) is 5.92 Å². The third-order valence-corrected chi connectivity index (χ3v) is 7.74. The molecule has 2 aromatic rings. The van der Waals surface area contributed by atoms with Gasteiger partial charge in [0.05, 0.1) is 19.0 Å². The SMILES string of the molecule is Cc1cc(C)cc(C2CCC(OC[C@@H]3CN(c4ccccn4)CC[C@@H]3NS(C)(=O)=O)CC2)c1. The third-order valence-electron chi connectivity index (χ3n) is 7.01. The van der Waals surface area contributed by atoms with Gasteiger partial charge in [0, 0.05) is 31.2 Å². The van der Waals surface area contributed by atoms with Crippen LogP contribution in [0, 0.1) is 19.8 Å². The quantitative estimate of drug-likeness (QED) is 0.656. The number of aromatic nitrogens is 1. The number of nitrogens with one attached hydrogen (secondary N) is 1. The van der Waals surface area contributed by atoms with Crippen molar-refractivity contribution in [1.82, 2.24) is 9.71 Å². The van der Waals surface area contributed by atoms with Crippen LogP contribution in [0.3, 0.4) is 0 Å². The molecule has 1 aliphatic carbocycles. The van der Waals surface area contributed by atoms with Gasteiger partial charge in [0.2, 0.25) is 10.0 Å². The van der Waals surface area contributed by atoms with E-state index in [0.29, 0.717) is 12.5 Å². The first-order valence-electron chi connectivity index (χ1n) is 12.1. The van der Waals surface area contributed by atoms with E-state index in [0.717, 1.165) is 51.0 Å². The zero-order valence-electron chi connectivity index (χ0n) is 20.0. The second-order valence-corrected chi connectivity index (χ2v) is 11.7. The smallest absolute Gasteiger partial charge is 0.208 e. The Morgan fingerprint density at radius 2 is 1.79 bits per heavy atom. The van der Waals surface area contributed by atoms with Crippen LogP contribution in [0.1, 0.15) is 54.7 Å². The Hall–Kier alpha value is -1.96. The predicted octanol–water partition coefficient (Wildman–Crippen LogP) is 4.19. The molecule has 0 amide bonds. The van der Waals surface area contributed by atoms with Crippen molar-refractivity contribution >= 4 is 15.8 Å². The molecule has 2 aliphatic rings. The molecule has 6 nitrogen and oxygen atoms in total. The standard InChI is InChI=1S/C26H37N3O3S/c1-19-14-20(2)16-22(15-19)21-7-9-24(10-8-21)32-18-23-17-29(26-6-4-5-12-27-26)13-11-25(23)28-33(3,30)31/h4-6,12,14-16,21,23-25,28H,7-11,13,17-18H2,1-3H3/t21?,23-,24?,25-/m0/s1. The minimum Gasteiger partial charge on any atom is -0.378 e. The number of rotatable bonds is 7. The molecule has 1 saturated heterocycles. The molecule has 1 saturated carbocycles. The van der Waals surface area contributed by atoms with Crippen molar-refractivity contribution in [2.75, 3.05) is 30.9 Å². The second-order valence-electron chi connectivity index (χ2n) is 9.91. The van der Waals surface area contributed by atoms with Gasteiger partial charge in [-0.3, -0.25) is 0 Å². The van der Waals surface area contributed by atoms with E-state index < -0.39 is 10.0 Å². The van der Waals surface area contributed by atoms with E-state index in [-0.39, 0.29) is 18.1 Å². The van der Waals surface area contributed by atoms with Gasteiger partial charge in [-0.2, -0.15) is 0 Å². The van der Waals surface area contributed by atoms with Gasteiger partial charge >= 0.3 is 0 Å². The summed E-state index contributed by atoms with van der Waals surface area (Å²) in [4.78, 5) is 6.72. The molecular formula is C26H37N3O3S. The fourth-order valence-corrected chi connectivity index (χ4v) is 6.31. The molecule has 1 aliphatic heterocycles. The zero-order chi connectivity index (χ0) is 23.4. The monoisotopic (exact) mass is 471 g/mol.